The molecule has 0 saturated carbocycles. The molecule has 0 atom stereocenters. The van der Waals surface area contributed by atoms with Crippen molar-refractivity contribution in [3.63, 3.8) is 0 Å². The summed E-state index contributed by atoms with van der Waals surface area (Å²) in [6.07, 6.45) is 3.12. The lowest BCUT2D eigenvalue weighted by Gasteiger charge is -2.18. The zero-order valence-electron chi connectivity index (χ0n) is 12.6. The van der Waals surface area contributed by atoms with Gasteiger partial charge in [-0.1, -0.05) is 13.8 Å². The number of hydrogen-bond donors (Lipinski definition) is 1. The number of nitrogens with one attached hydrogen (secondary N) is 1. The minimum atomic E-state index is -0.278. The lowest BCUT2D eigenvalue weighted by Crippen LogP contribution is -2.39. The van der Waals surface area contributed by atoms with Gasteiger partial charge in [-0.25, -0.2) is 4.79 Å². The summed E-state index contributed by atoms with van der Waals surface area (Å²) >= 11 is 1.58. The van der Waals surface area contributed by atoms with Gasteiger partial charge in [-0.2, -0.15) is 0 Å². The van der Waals surface area contributed by atoms with E-state index in [4.69, 9.17) is 0 Å². The van der Waals surface area contributed by atoms with E-state index in [1.54, 1.807) is 11.3 Å². The second kappa shape index (κ2) is 5.77. The van der Waals surface area contributed by atoms with Gasteiger partial charge in [0.1, 0.15) is 4.83 Å². The van der Waals surface area contributed by atoms with Crippen LogP contribution in [0.2, 0.25) is 0 Å². The minimum absolute atomic E-state index is 0.111. The molecule has 0 aromatic carbocycles. The first-order chi connectivity index (χ1) is 10.2. The van der Waals surface area contributed by atoms with Crippen LogP contribution in [0.5, 0.6) is 0 Å². The van der Waals surface area contributed by atoms with Crippen LogP contribution in [-0.4, -0.2) is 34.1 Å². The van der Waals surface area contributed by atoms with Gasteiger partial charge in [0.2, 0.25) is 0 Å². The topological polar surface area (TPSA) is 58.1 Å². The normalized spacial score (nSPS) is 14.2. The second-order valence-corrected chi connectivity index (χ2v) is 6.58. The van der Waals surface area contributed by atoms with Gasteiger partial charge < -0.3 is 4.90 Å². The summed E-state index contributed by atoms with van der Waals surface area (Å²) in [7, 11) is 0. The lowest BCUT2D eigenvalue weighted by molar-refractivity contribution is 0.287. The average Bonchev–Trinajstić information content (AvgIpc) is 3.02. The molecular weight excluding hydrogens is 286 g/mol. The number of nitrogens with zero attached hydrogens (tertiary/aromatic N) is 2. The van der Waals surface area contributed by atoms with E-state index in [-0.39, 0.29) is 11.2 Å². The summed E-state index contributed by atoms with van der Waals surface area (Å²) < 4.78 is 1.37. The Bertz CT molecular complexity index is 768. The number of aromatic amines is 1. The zero-order chi connectivity index (χ0) is 15.0. The predicted octanol–water partition coefficient (Wildman–Crippen LogP) is 1.58. The number of thiophene rings is 1. The Balaban J connectivity index is 2.03. The first-order valence-electron chi connectivity index (χ1n) is 7.65. The van der Waals surface area contributed by atoms with Crippen LogP contribution in [0.3, 0.4) is 0 Å². The molecule has 1 aliphatic carbocycles. The Morgan fingerprint density at radius 3 is 2.71 bits per heavy atom. The van der Waals surface area contributed by atoms with Crippen LogP contribution < -0.4 is 11.2 Å². The Kier molecular flexibility index (Phi) is 3.99. The van der Waals surface area contributed by atoms with Crippen LogP contribution >= 0.6 is 11.3 Å². The Morgan fingerprint density at radius 1 is 1.24 bits per heavy atom. The Hall–Kier alpha value is -1.40. The maximum atomic E-state index is 12.7. The largest absolute Gasteiger partial charge is 0.329 e. The summed E-state index contributed by atoms with van der Waals surface area (Å²) in [4.78, 5) is 32.0. The summed E-state index contributed by atoms with van der Waals surface area (Å²) in [5, 5.41) is 0.756. The number of likely N-dealkylation sites (N-methyl/N-ethyl adjacent to an activating group) is 1. The fourth-order valence-electron chi connectivity index (χ4n) is 3.09. The van der Waals surface area contributed by atoms with Crippen LogP contribution in [-0.2, 0) is 19.4 Å². The first kappa shape index (κ1) is 14.5. The van der Waals surface area contributed by atoms with Crippen LogP contribution in [0.15, 0.2) is 9.59 Å². The number of hydrogen-bond acceptors (Lipinski definition) is 4. The smallest absolute Gasteiger partial charge is 0.302 e. The lowest BCUT2D eigenvalue weighted by atomic mass is 10.2. The van der Waals surface area contributed by atoms with Crippen LogP contribution in [0.4, 0.5) is 0 Å². The van der Waals surface area contributed by atoms with Gasteiger partial charge >= 0.3 is 5.69 Å². The number of fused-ring (bicyclic) bond motifs is 3. The molecule has 2 aromatic heterocycles. The fourth-order valence-corrected chi connectivity index (χ4v) is 4.37. The van der Waals surface area contributed by atoms with Crippen LogP contribution in [0, 0.1) is 0 Å². The fraction of sp³-hybridized carbons (Fsp3) is 0.600. The van der Waals surface area contributed by atoms with Crippen molar-refractivity contribution in [2.75, 3.05) is 19.6 Å². The van der Waals surface area contributed by atoms with Gasteiger partial charge in [0.25, 0.3) is 5.56 Å². The average molecular weight is 307 g/mol. The molecule has 3 rings (SSSR count). The van der Waals surface area contributed by atoms with E-state index in [2.05, 4.69) is 23.7 Å². The Labute approximate surface area is 127 Å². The van der Waals surface area contributed by atoms with Gasteiger partial charge in [0.05, 0.1) is 5.39 Å². The first-order valence-corrected chi connectivity index (χ1v) is 8.47. The van der Waals surface area contributed by atoms with E-state index in [0.717, 1.165) is 49.1 Å². The maximum absolute atomic E-state index is 12.7. The summed E-state index contributed by atoms with van der Waals surface area (Å²) in [6.45, 7) is 7.22. The highest BCUT2D eigenvalue weighted by atomic mass is 32.1. The van der Waals surface area contributed by atoms with Crippen LogP contribution in [0.25, 0.3) is 10.2 Å². The monoisotopic (exact) mass is 307 g/mol. The molecule has 2 heterocycles. The highest BCUT2D eigenvalue weighted by molar-refractivity contribution is 7.18. The Morgan fingerprint density at radius 2 is 2.00 bits per heavy atom. The predicted molar refractivity (Wildman–Crippen MR) is 86.5 cm³/mol. The molecule has 1 N–H and O–H groups in total. The van der Waals surface area contributed by atoms with Crippen molar-refractivity contribution in [3.8, 4) is 0 Å². The number of aromatic nitrogens is 2. The highest BCUT2D eigenvalue weighted by Crippen LogP contribution is 2.33. The standard InChI is InChI=1S/C15H21N3O2S/c1-3-17(4-2)8-9-18-14(19)12-10-6-5-7-11(10)21-13(12)16-15(18)20/h3-9H2,1-2H3,(H,16,20). The molecule has 21 heavy (non-hydrogen) atoms. The van der Waals surface area contributed by atoms with Crippen molar-refractivity contribution in [2.45, 2.75) is 39.7 Å². The third-order valence-corrected chi connectivity index (χ3v) is 5.59. The minimum Gasteiger partial charge on any atom is -0.302 e. The van der Waals surface area contributed by atoms with Gasteiger partial charge in [0, 0.05) is 18.0 Å². The van der Waals surface area contributed by atoms with Crippen molar-refractivity contribution in [2.24, 2.45) is 0 Å². The molecule has 0 spiro atoms. The molecule has 0 unspecified atom stereocenters. The summed E-state index contributed by atoms with van der Waals surface area (Å²) in [6, 6.07) is 0. The molecule has 0 fully saturated rings. The van der Waals surface area contributed by atoms with Gasteiger partial charge in [0.15, 0.2) is 0 Å². The van der Waals surface area contributed by atoms with Crippen molar-refractivity contribution in [3.05, 3.63) is 31.3 Å². The summed E-state index contributed by atoms with van der Waals surface area (Å²) in [5.74, 6) is 0. The molecule has 0 saturated heterocycles. The summed E-state index contributed by atoms with van der Waals surface area (Å²) in [5.41, 5.74) is 0.785. The van der Waals surface area contributed by atoms with E-state index in [0.29, 0.717) is 6.54 Å². The number of aryl methyl sites for hydroxylation is 2. The van der Waals surface area contributed by atoms with Gasteiger partial charge in [-0.3, -0.25) is 14.3 Å². The van der Waals surface area contributed by atoms with Gasteiger partial charge in [-0.05, 0) is 37.9 Å². The van der Waals surface area contributed by atoms with Gasteiger partial charge in [-0.15, -0.1) is 11.3 Å². The molecular formula is C15H21N3O2S. The molecule has 5 nitrogen and oxygen atoms in total. The quantitative estimate of drug-likeness (QED) is 0.912. The molecule has 0 aliphatic heterocycles. The molecule has 0 radical (unpaired) electrons. The van der Waals surface area contributed by atoms with Crippen molar-refractivity contribution >= 4 is 21.6 Å². The molecule has 2 aromatic rings. The van der Waals surface area contributed by atoms with E-state index < -0.39 is 0 Å². The maximum Gasteiger partial charge on any atom is 0.329 e. The SMILES string of the molecule is CCN(CC)CCn1c(=O)[nH]c2sc3c(c2c1=O)CCC3. The number of H-pyrrole nitrogens is 1. The van der Waals surface area contributed by atoms with E-state index in [1.807, 2.05) is 0 Å². The van der Waals surface area contributed by atoms with E-state index in [9.17, 15) is 9.59 Å². The third-order valence-electron chi connectivity index (χ3n) is 4.38. The van der Waals surface area contributed by atoms with E-state index in [1.165, 1.54) is 15.0 Å². The second-order valence-electron chi connectivity index (χ2n) is 5.48. The molecule has 1 aliphatic rings. The van der Waals surface area contributed by atoms with Crippen molar-refractivity contribution < 1.29 is 0 Å². The van der Waals surface area contributed by atoms with E-state index >= 15 is 0 Å². The number of rotatable bonds is 5. The van der Waals surface area contributed by atoms with Crippen LogP contribution in [0.1, 0.15) is 30.7 Å². The molecule has 6 heteroatoms. The molecule has 0 amide bonds. The third kappa shape index (κ3) is 2.46. The van der Waals surface area contributed by atoms with Crippen molar-refractivity contribution in [1.29, 1.82) is 0 Å². The highest BCUT2D eigenvalue weighted by Gasteiger charge is 2.21. The van der Waals surface area contributed by atoms with Crippen molar-refractivity contribution in [1.82, 2.24) is 14.5 Å². The molecule has 114 valence electrons. The zero-order valence-corrected chi connectivity index (χ0v) is 13.4. The molecule has 0 bridgehead atoms.